The highest BCUT2D eigenvalue weighted by molar-refractivity contribution is 7.12. The summed E-state index contributed by atoms with van der Waals surface area (Å²) >= 11 is 1.43. The summed E-state index contributed by atoms with van der Waals surface area (Å²) < 4.78 is 5.50. The zero-order valence-electron chi connectivity index (χ0n) is 24.1. The zero-order valence-corrected chi connectivity index (χ0v) is 24.9. The van der Waals surface area contributed by atoms with Crippen LogP contribution in [0.15, 0.2) is 66.0 Å². The second-order valence-electron chi connectivity index (χ2n) is 11.5. The van der Waals surface area contributed by atoms with Crippen LogP contribution in [0.25, 0.3) is 0 Å². The number of nitrogens with zero attached hydrogens (tertiary/aromatic N) is 2. The third kappa shape index (κ3) is 7.36. The Morgan fingerprint density at radius 3 is 2.56 bits per heavy atom. The first-order chi connectivity index (χ1) is 19.9. The van der Waals surface area contributed by atoms with Gasteiger partial charge in [0.05, 0.1) is 12.0 Å². The average molecular weight is 575 g/mol. The third-order valence-corrected chi connectivity index (χ3v) is 9.52. The minimum atomic E-state index is -0.524. The number of hydrogen-bond acceptors (Lipinski definition) is 6. The zero-order chi connectivity index (χ0) is 28.8. The van der Waals surface area contributed by atoms with Gasteiger partial charge in [-0.1, -0.05) is 42.5 Å². The molecule has 2 aromatic carbocycles. The highest BCUT2D eigenvalue weighted by atomic mass is 32.1. The Hall–Kier alpha value is -3.20. The van der Waals surface area contributed by atoms with Gasteiger partial charge in [0.2, 0.25) is 5.91 Å². The van der Waals surface area contributed by atoms with Gasteiger partial charge >= 0.3 is 0 Å². The van der Waals surface area contributed by atoms with Crippen LogP contribution in [0, 0.1) is 6.92 Å². The summed E-state index contributed by atoms with van der Waals surface area (Å²) in [7, 11) is 1.69. The largest absolute Gasteiger partial charge is 0.497 e. The van der Waals surface area contributed by atoms with Crippen molar-refractivity contribution in [2.45, 2.75) is 82.7 Å². The van der Waals surface area contributed by atoms with E-state index in [1.54, 1.807) is 7.11 Å². The Labute approximate surface area is 247 Å². The summed E-state index contributed by atoms with van der Waals surface area (Å²) in [6.07, 6.45) is 5.00. The molecule has 1 saturated heterocycles. The molecule has 41 heavy (non-hydrogen) atoms. The topological polar surface area (TPSA) is 87.9 Å². The molecule has 0 spiro atoms. The first-order valence-electron chi connectivity index (χ1n) is 14.7. The van der Waals surface area contributed by atoms with E-state index in [2.05, 4.69) is 53.5 Å². The Morgan fingerprint density at radius 2 is 1.83 bits per heavy atom. The van der Waals surface area contributed by atoms with E-state index in [-0.39, 0.29) is 29.9 Å². The van der Waals surface area contributed by atoms with E-state index in [4.69, 9.17) is 10.5 Å². The Kier molecular flexibility index (Phi) is 9.75. The van der Waals surface area contributed by atoms with Crippen molar-refractivity contribution in [1.29, 1.82) is 0 Å². The minimum Gasteiger partial charge on any atom is -0.497 e. The van der Waals surface area contributed by atoms with Crippen molar-refractivity contribution in [1.82, 2.24) is 15.1 Å². The molecule has 2 fully saturated rings. The molecule has 1 aliphatic heterocycles. The van der Waals surface area contributed by atoms with Crippen LogP contribution in [-0.2, 0) is 17.9 Å². The van der Waals surface area contributed by atoms with E-state index >= 15 is 0 Å². The van der Waals surface area contributed by atoms with Crippen LogP contribution in [-0.4, -0.2) is 59.4 Å². The highest BCUT2D eigenvalue weighted by Crippen LogP contribution is 2.29. The first-order valence-corrected chi connectivity index (χ1v) is 15.6. The quantitative estimate of drug-likeness (QED) is 0.370. The molecule has 0 radical (unpaired) electrons. The normalized spacial score (nSPS) is 22.9. The molecule has 2 atom stereocenters. The Morgan fingerprint density at radius 1 is 1.02 bits per heavy atom. The second-order valence-corrected chi connectivity index (χ2v) is 12.4. The molecule has 218 valence electrons. The molecular formula is C33H42N4O3S. The number of rotatable bonds is 9. The lowest BCUT2D eigenvalue weighted by Gasteiger charge is -2.43. The molecule has 1 aliphatic carbocycles. The van der Waals surface area contributed by atoms with Crippen LogP contribution >= 0.6 is 11.3 Å². The predicted molar refractivity (Wildman–Crippen MR) is 164 cm³/mol. The van der Waals surface area contributed by atoms with Crippen LogP contribution in [0.2, 0.25) is 0 Å². The van der Waals surface area contributed by atoms with E-state index in [1.165, 1.54) is 22.5 Å². The van der Waals surface area contributed by atoms with Crippen LogP contribution in [0.5, 0.6) is 5.75 Å². The van der Waals surface area contributed by atoms with E-state index in [9.17, 15) is 9.59 Å². The number of hydrogen-bond donors (Lipinski definition) is 2. The summed E-state index contributed by atoms with van der Waals surface area (Å²) in [5.41, 5.74) is 9.80. The van der Waals surface area contributed by atoms with Crippen LogP contribution in [0.1, 0.15) is 64.9 Å². The molecule has 2 heterocycles. The molecule has 3 N–H and O–H groups in total. The van der Waals surface area contributed by atoms with E-state index in [1.807, 2.05) is 34.5 Å². The lowest BCUT2D eigenvalue weighted by Crippen LogP contribution is -2.58. The van der Waals surface area contributed by atoms with Gasteiger partial charge < -0.3 is 20.7 Å². The molecule has 2 aliphatic rings. The molecule has 7 nitrogen and oxygen atoms in total. The number of methoxy groups -OCH3 is 1. The van der Waals surface area contributed by atoms with E-state index < -0.39 is 6.04 Å². The maximum atomic E-state index is 13.9. The Bertz CT molecular complexity index is 1310. The fourth-order valence-electron chi connectivity index (χ4n) is 6.20. The van der Waals surface area contributed by atoms with Gasteiger partial charge in [0.15, 0.2) is 0 Å². The van der Waals surface area contributed by atoms with Gasteiger partial charge in [0.25, 0.3) is 5.91 Å². The second kappa shape index (κ2) is 13.6. The number of likely N-dealkylation sites (tertiary alicyclic amines) is 1. The number of nitrogens with one attached hydrogen (secondary N) is 1. The fourth-order valence-corrected chi connectivity index (χ4v) is 6.88. The van der Waals surface area contributed by atoms with Crippen molar-refractivity contribution in [2.75, 3.05) is 13.7 Å². The number of carbonyl (C=O) groups excluding carboxylic acids is 2. The standard InChI is InChI=1S/C33H42N4O3S/c1-23-7-3-4-9-25(23)22-36(21-24-8-5-10-29(19-24)40-2)28-16-17-37(33(39)31-11-6-18-41-31)30(20-28)32(38)35-27-14-12-26(34)13-15-27/h3-11,18-19,26-28,30H,12-17,20-22,34H2,1-2H3,(H,35,38)/t26?,27?,28?,30-/m1/s1. The molecule has 3 aromatic rings. The summed E-state index contributed by atoms with van der Waals surface area (Å²) in [5.74, 6) is 0.735. The van der Waals surface area contributed by atoms with E-state index in [0.29, 0.717) is 17.8 Å². The molecule has 0 bridgehead atoms. The van der Waals surface area contributed by atoms with Gasteiger partial charge in [-0.2, -0.15) is 0 Å². The van der Waals surface area contributed by atoms with Gasteiger partial charge in [-0.25, -0.2) is 0 Å². The molecule has 1 unspecified atom stereocenters. The number of ether oxygens (including phenoxy) is 1. The third-order valence-electron chi connectivity index (χ3n) is 8.66. The summed E-state index contributed by atoms with van der Waals surface area (Å²) in [4.78, 5) is 32.4. The SMILES string of the molecule is COc1cccc(CN(Cc2ccccc2C)C2CCN(C(=O)c3cccs3)[C@@H](C(=O)NC3CCC(N)CC3)C2)c1. The smallest absolute Gasteiger partial charge is 0.264 e. The molecule has 1 saturated carbocycles. The number of benzene rings is 2. The average Bonchev–Trinajstić information content (AvgIpc) is 3.54. The van der Waals surface area contributed by atoms with Crippen molar-refractivity contribution in [3.8, 4) is 5.75 Å². The number of thiophene rings is 1. The number of amides is 2. The maximum absolute atomic E-state index is 13.9. The van der Waals surface area contributed by atoms with Crippen LogP contribution in [0.3, 0.4) is 0 Å². The highest BCUT2D eigenvalue weighted by Gasteiger charge is 2.39. The molecule has 8 heteroatoms. The lowest BCUT2D eigenvalue weighted by molar-refractivity contribution is -0.128. The van der Waals surface area contributed by atoms with Gasteiger partial charge in [-0.15, -0.1) is 11.3 Å². The molecule has 2 amide bonds. The van der Waals surface area contributed by atoms with Crippen molar-refractivity contribution < 1.29 is 14.3 Å². The molecule has 5 rings (SSSR count). The molecule has 1 aromatic heterocycles. The minimum absolute atomic E-state index is 0.0442. The number of nitrogens with two attached hydrogens (primary N) is 1. The molecular weight excluding hydrogens is 532 g/mol. The van der Waals surface area contributed by atoms with Crippen molar-refractivity contribution in [2.24, 2.45) is 5.73 Å². The van der Waals surface area contributed by atoms with Crippen molar-refractivity contribution in [3.05, 3.63) is 87.6 Å². The number of piperidine rings is 1. The van der Waals surface area contributed by atoms with Crippen LogP contribution in [0.4, 0.5) is 0 Å². The van der Waals surface area contributed by atoms with Crippen molar-refractivity contribution in [3.63, 3.8) is 0 Å². The van der Waals surface area contributed by atoms with Gasteiger partial charge in [-0.3, -0.25) is 14.5 Å². The number of carbonyl (C=O) groups is 2. The first kappa shape index (κ1) is 29.3. The summed E-state index contributed by atoms with van der Waals surface area (Å²) in [5, 5.41) is 5.22. The van der Waals surface area contributed by atoms with Gasteiger partial charge in [-0.05, 0) is 85.7 Å². The van der Waals surface area contributed by atoms with Gasteiger partial charge in [0, 0.05) is 37.8 Å². The Balaban J connectivity index is 1.40. The van der Waals surface area contributed by atoms with Crippen molar-refractivity contribution >= 4 is 23.2 Å². The fraction of sp³-hybridized carbons (Fsp3) is 0.455. The summed E-state index contributed by atoms with van der Waals surface area (Å²) in [6, 6.07) is 20.3. The summed E-state index contributed by atoms with van der Waals surface area (Å²) in [6.45, 7) is 4.18. The number of aryl methyl sites for hydroxylation is 1. The lowest BCUT2D eigenvalue weighted by atomic mass is 9.90. The van der Waals surface area contributed by atoms with E-state index in [0.717, 1.165) is 56.5 Å². The monoisotopic (exact) mass is 574 g/mol. The van der Waals surface area contributed by atoms with Crippen LogP contribution < -0.4 is 15.8 Å². The maximum Gasteiger partial charge on any atom is 0.264 e. The van der Waals surface area contributed by atoms with Gasteiger partial charge in [0.1, 0.15) is 11.8 Å². The predicted octanol–water partition coefficient (Wildman–Crippen LogP) is 5.13.